The molecule has 1 aromatic heterocycles. The lowest BCUT2D eigenvalue weighted by Gasteiger charge is -2.20. The monoisotopic (exact) mass is 424 g/mol. The Morgan fingerprint density at radius 1 is 1.25 bits per heavy atom. The Morgan fingerprint density at radius 2 is 1.96 bits per heavy atom. The third-order valence-corrected chi connectivity index (χ3v) is 6.66. The minimum absolute atomic E-state index is 0.153. The zero-order valence-corrected chi connectivity index (χ0v) is 16.0. The highest BCUT2D eigenvalue weighted by Crippen LogP contribution is 2.34. The van der Waals surface area contributed by atoms with Crippen molar-refractivity contribution >= 4 is 61.9 Å². The van der Waals surface area contributed by atoms with Gasteiger partial charge in [0, 0.05) is 24.7 Å². The molecular weight excluding hydrogens is 415 g/mol. The van der Waals surface area contributed by atoms with E-state index in [4.69, 9.17) is 34.8 Å². The molecular formula is C14H11Cl3N2O3S2. The van der Waals surface area contributed by atoms with Crippen molar-refractivity contribution in [1.82, 2.24) is 9.88 Å². The molecule has 2 heterocycles. The van der Waals surface area contributed by atoms with E-state index < -0.39 is 19.5 Å². The summed E-state index contributed by atoms with van der Waals surface area (Å²) >= 11 is 18.2. The first-order chi connectivity index (χ1) is 11.2. The van der Waals surface area contributed by atoms with Crippen LogP contribution in [0.2, 0.25) is 0 Å². The molecule has 0 spiro atoms. The molecule has 0 atom stereocenters. The normalized spacial score (nSPS) is 14.7. The van der Waals surface area contributed by atoms with Gasteiger partial charge in [-0.05, 0) is 23.3 Å². The number of benzene rings is 1. The number of alkyl halides is 3. The van der Waals surface area contributed by atoms with Crippen molar-refractivity contribution in [3.63, 3.8) is 0 Å². The van der Waals surface area contributed by atoms with Crippen molar-refractivity contribution in [1.29, 1.82) is 0 Å². The summed E-state index contributed by atoms with van der Waals surface area (Å²) in [5.41, 5.74) is 1.57. The first-order valence-corrected chi connectivity index (χ1v) is 10.4. The highest BCUT2D eigenvalue weighted by atomic mass is 35.6. The van der Waals surface area contributed by atoms with Crippen LogP contribution in [0.25, 0.3) is 0 Å². The highest BCUT2D eigenvalue weighted by molar-refractivity contribution is 7.90. The summed E-state index contributed by atoms with van der Waals surface area (Å²) in [6.07, 6.45) is 1.57. The lowest BCUT2D eigenvalue weighted by Crippen LogP contribution is -2.35. The molecule has 0 radical (unpaired) electrons. The van der Waals surface area contributed by atoms with Gasteiger partial charge in [-0.3, -0.25) is 4.79 Å². The van der Waals surface area contributed by atoms with Crippen molar-refractivity contribution in [3.8, 4) is 0 Å². The number of amides is 1. The van der Waals surface area contributed by atoms with Crippen molar-refractivity contribution in [2.75, 3.05) is 0 Å². The second-order valence-electron chi connectivity index (χ2n) is 5.27. The van der Waals surface area contributed by atoms with Crippen molar-refractivity contribution in [2.45, 2.75) is 27.5 Å². The van der Waals surface area contributed by atoms with Gasteiger partial charge >= 0.3 is 0 Å². The van der Waals surface area contributed by atoms with Gasteiger partial charge in [0.2, 0.25) is 0 Å². The number of thiazole rings is 1. The van der Waals surface area contributed by atoms with Gasteiger partial charge in [-0.1, -0.05) is 40.9 Å². The molecule has 0 fully saturated rings. The Hall–Kier alpha value is -0.860. The van der Waals surface area contributed by atoms with Crippen molar-refractivity contribution in [3.05, 3.63) is 45.9 Å². The van der Waals surface area contributed by atoms with E-state index in [1.54, 1.807) is 23.7 Å². The van der Waals surface area contributed by atoms with Gasteiger partial charge in [0.05, 0.1) is 4.90 Å². The van der Waals surface area contributed by atoms with Gasteiger partial charge in [0.1, 0.15) is 10.8 Å². The van der Waals surface area contributed by atoms with Crippen LogP contribution in [0.3, 0.4) is 0 Å². The van der Waals surface area contributed by atoms with E-state index in [9.17, 15) is 13.2 Å². The van der Waals surface area contributed by atoms with Gasteiger partial charge in [0.25, 0.3) is 9.70 Å². The van der Waals surface area contributed by atoms with Crippen LogP contribution in [0.4, 0.5) is 0 Å². The number of carbonyl (C=O) groups excluding carboxylic acids is 1. The number of fused-ring (bicyclic) bond motifs is 1. The smallest absolute Gasteiger partial charge is 0.275 e. The van der Waals surface area contributed by atoms with Gasteiger partial charge in [0.15, 0.2) is 9.84 Å². The third kappa shape index (κ3) is 3.70. The molecule has 3 rings (SSSR count). The molecule has 2 aromatic rings. The number of hydrogen-bond acceptors (Lipinski definition) is 5. The van der Waals surface area contributed by atoms with Crippen molar-refractivity contribution in [2.24, 2.45) is 0 Å². The fourth-order valence-corrected chi connectivity index (χ4v) is 5.12. The topological polar surface area (TPSA) is 67.3 Å². The predicted molar refractivity (Wildman–Crippen MR) is 94.0 cm³/mol. The van der Waals surface area contributed by atoms with Crippen LogP contribution in [0.15, 0.2) is 34.7 Å². The quantitative estimate of drug-likeness (QED) is 0.707. The Kier molecular flexibility index (Phi) is 4.83. The standard InChI is InChI=1S/C14H11Cl3N2O3S2/c15-14(16,17)13(20)19-6-9-1-2-11(5-10(9)7-19)24(21,22)8-12-18-3-4-23-12/h1-5H,6-8H2. The van der Waals surface area contributed by atoms with E-state index in [-0.39, 0.29) is 23.7 Å². The SMILES string of the molecule is O=C(N1Cc2ccc(S(=O)(=O)Cc3nccs3)cc2C1)C(Cl)(Cl)Cl. The Labute approximate surface area is 158 Å². The number of nitrogens with zero attached hydrogens (tertiary/aromatic N) is 2. The zero-order valence-electron chi connectivity index (χ0n) is 12.1. The maximum Gasteiger partial charge on any atom is 0.275 e. The molecule has 0 unspecified atom stereocenters. The number of halogens is 3. The molecule has 128 valence electrons. The minimum Gasteiger partial charge on any atom is -0.330 e. The van der Waals surface area contributed by atoms with Crippen LogP contribution in [0.5, 0.6) is 0 Å². The van der Waals surface area contributed by atoms with Crippen LogP contribution < -0.4 is 0 Å². The summed E-state index contributed by atoms with van der Waals surface area (Å²) in [4.78, 5) is 17.6. The third-order valence-electron chi connectivity index (χ3n) is 3.59. The molecule has 0 aliphatic carbocycles. The summed E-state index contributed by atoms with van der Waals surface area (Å²) in [6, 6.07) is 4.80. The molecule has 1 amide bonds. The second-order valence-corrected chi connectivity index (χ2v) is 10.5. The van der Waals surface area contributed by atoms with Crippen LogP contribution >= 0.6 is 46.1 Å². The van der Waals surface area contributed by atoms with Crippen LogP contribution in [0, 0.1) is 0 Å². The summed E-state index contributed by atoms with van der Waals surface area (Å²) in [5, 5.41) is 2.26. The average Bonchev–Trinajstić information content (AvgIpc) is 3.12. The van der Waals surface area contributed by atoms with E-state index in [2.05, 4.69) is 4.98 Å². The number of aromatic nitrogens is 1. The fourth-order valence-electron chi connectivity index (χ4n) is 2.46. The maximum absolute atomic E-state index is 12.5. The molecule has 0 bridgehead atoms. The molecule has 5 nitrogen and oxygen atoms in total. The highest BCUT2D eigenvalue weighted by Gasteiger charge is 2.37. The molecule has 0 saturated carbocycles. The second kappa shape index (κ2) is 6.46. The minimum atomic E-state index is -3.50. The molecule has 0 saturated heterocycles. The van der Waals surface area contributed by atoms with Gasteiger partial charge < -0.3 is 4.90 Å². The number of carbonyl (C=O) groups is 1. The van der Waals surface area contributed by atoms with Gasteiger partial charge in [-0.2, -0.15) is 0 Å². The van der Waals surface area contributed by atoms with E-state index in [1.165, 1.54) is 22.3 Å². The van der Waals surface area contributed by atoms with E-state index in [0.29, 0.717) is 5.01 Å². The molecule has 1 aromatic carbocycles. The van der Waals surface area contributed by atoms with Crippen LogP contribution in [0.1, 0.15) is 16.1 Å². The summed E-state index contributed by atoms with van der Waals surface area (Å²) < 4.78 is 23.0. The summed E-state index contributed by atoms with van der Waals surface area (Å²) in [5.74, 6) is -0.781. The predicted octanol–water partition coefficient (Wildman–Crippen LogP) is 3.33. The van der Waals surface area contributed by atoms with Gasteiger partial charge in [-0.15, -0.1) is 11.3 Å². The molecule has 24 heavy (non-hydrogen) atoms. The maximum atomic E-state index is 12.5. The van der Waals surface area contributed by atoms with E-state index in [0.717, 1.165) is 11.1 Å². The molecule has 0 N–H and O–H groups in total. The van der Waals surface area contributed by atoms with Crippen molar-refractivity contribution < 1.29 is 13.2 Å². The van der Waals surface area contributed by atoms with E-state index in [1.807, 2.05) is 0 Å². The zero-order chi connectivity index (χ0) is 17.5. The van der Waals surface area contributed by atoms with Gasteiger partial charge in [-0.25, -0.2) is 13.4 Å². The molecule has 1 aliphatic rings. The van der Waals surface area contributed by atoms with Crippen LogP contribution in [-0.2, 0) is 33.5 Å². The molecule has 10 heteroatoms. The number of rotatable bonds is 3. The van der Waals surface area contributed by atoms with Crippen LogP contribution in [-0.4, -0.2) is 28.0 Å². The Morgan fingerprint density at radius 3 is 2.58 bits per heavy atom. The largest absolute Gasteiger partial charge is 0.330 e. The van der Waals surface area contributed by atoms with E-state index >= 15 is 0 Å². The number of hydrogen-bond donors (Lipinski definition) is 0. The lowest BCUT2D eigenvalue weighted by atomic mass is 10.1. The fraction of sp³-hybridized carbons (Fsp3) is 0.286. The number of sulfone groups is 1. The first kappa shape index (κ1) is 17.9. The first-order valence-electron chi connectivity index (χ1n) is 6.76. The summed E-state index contributed by atoms with van der Waals surface area (Å²) in [6.45, 7) is 0.498. The Balaban J connectivity index is 1.83. The molecule has 1 aliphatic heterocycles. The summed E-state index contributed by atoms with van der Waals surface area (Å²) in [7, 11) is -3.50. The Bertz CT molecular complexity index is 877. The lowest BCUT2D eigenvalue weighted by molar-refractivity contribution is -0.130. The average molecular weight is 426 g/mol.